The van der Waals surface area contributed by atoms with Crippen LogP contribution >= 0.6 is 0 Å². The second-order valence-electron chi connectivity index (χ2n) is 7.97. The molecule has 0 bridgehead atoms. The lowest BCUT2D eigenvalue weighted by Crippen LogP contribution is -2.45. The number of benzene rings is 1. The topological polar surface area (TPSA) is 97.4 Å². The highest BCUT2D eigenvalue weighted by Gasteiger charge is 2.29. The van der Waals surface area contributed by atoms with E-state index in [1.54, 1.807) is 17.0 Å². The van der Waals surface area contributed by atoms with Crippen LogP contribution in [0.1, 0.15) is 25.7 Å². The van der Waals surface area contributed by atoms with Gasteiger partial charge in [-0.15, -0.1) is 0 Å². The van der Waals surface area contributed by atoms with Gasteiger partial charge in [-0.25, -0.2) is 17.5 Å². The Morgan fingerprint density at radius 2 is 1.60 bits per heavy atom. The molecule has 3 aliphatic heterocycles. The van der Waals surface area contributed by atoms with E-state index in [4.69, 9.17) is 14.2 Å². The minimum Gasteiger partial charge on any atom is -0.486 e. The van der Waals surface area contributed by atoms with E-state index in [1.165, 1.54) is 10.6 Å². The zero-order valence-electron chi connectivity index (χ0n) is 17.2. The largest absolute Gasteiger partial charge is 0.486 e. The van der Waals surface area contributed by atoms with Crippen LogP contribution in [0.3, 0.4) is 0 Å². The number of hydrogen-bond donors (Lipinski definition) is 1. The third-order valence-electron chi connectivity index (χ3n) is 5.78. The van der Waals surface area contributed by atoms with Crippen molar-refractivity contribution >= 4 is 21.7 Å². The van der Waals surface area contributed by atoms with Gasteiger partial charge in [-0.3, -0.25) is 0 Å². The molecule has 1 aromatic rings. The Bertz CT molecular complexity index is 861. The lowest BCUT2D eigenvalue weighted by molar-refractivity contribution is -0.0542. The lowest BCUT2D eigenvalue weighted by atomic mass is 10.1. The van der Waals surface area contributed by atoms with Gasteiger partial charge in [0.25, 0.3) is 0 Å². The number of urea groups is 1. The van der Waals surface area contributed by atoms with Gasteiger partial charge in [0, 0.05) is 37.9 Å². The number of piperidine rings is 2. The molecule has 166 valence electrons. The van der Waals surface area contributed by atoms with Crippen molar-refractivity contribution in [1.82, 2.24) is 9.21 Å². The molecule has 10 heteroatoms. The van der Waals surface area contributed by atoms with E-state index in [0.29, 0.717) is 56.6 Å². The minimum atomic E-state index is -3.12. The van der Waals surface area contributed by atoms with Crippen LogP contribution in [0.2, 0.25) is 0 Å². The lowest BCUT2D eigenvalue weighted by Gasteiger charge is -2.36. The maximum atomic E-state index is 12.6. The molecule has 0 radical (unpaired) electrons. The Labute approximate surface area is 177 Å². The molecule has 0 aliphatic carbocycles. The molecule has 2 saturated heterocycles. The molecule has 4 rings (SSSR count). The van der Waals surface area contributed by atoms with Crippen LogP contribution in [0.25, 0.3) is 0 Å². The molecule has 2 fully saturated rings. The van der Waals surface area contributed by atoms with Crippen molar-refractivity contribution in [3.8, 4) is 11.5 Å². The van der Waals surface area contributed by atoms with Gasteiger partial charge in [-0.1, -0.05) is 0 Å². The first kappa shape index (κ1) is 21.2. The molecule has 0 unspecified atom stereocenters. The number of carbonyl (C=O) groups is 1. The number of rotatable bonds is 4. The van der Waals surface area contributed by atoms with Gasteiger partial charge < -0.3 is 24.4 Å². The Morgan fingerprint density at radius 3 is 2.23 bits per heavy atom. The minimum absolute atomic E-state index is 0.0890. The Hall–Kier alpha value is -2.04. The smallest absolute Gasteiger partial charge is 0.321 e. The molecular formula is C20H29N3O6S. The van der Waals surface area contributed by atoms with Crippen molar-refractivity contribution in [1.29, 1.82) is 0 Å². The number of anilines is 1. The normalized spacial score (nSPS) is 21.4. The molecule has 1 N–H and O–H groups in total. The van der Waals surface area contributed by atoms with Crippen LogP contribution in [0.4, 0.5) is 10.5 Å². The van der Waals surface area contributed by atoms with Crippen LogP contribution in [0.5, 0.6) is 11.5 Å². The maximum Gasteiger partial charge on any atom is 0.321 e. The highest BCUT2D eigenvalue weighted by molar-refractivity contribution is 7.88. The van der Waals surface area contributed by atoms with Crippen molar-refractivity contribution in [2.24, 2.45) is 0 Å². The van der Waals surface area contributed by atoms with Gasteiger partial charge in [0.1, 0.15) is 13.2 Å². The summed E-state index contributed by atoms with van der Waals surface area (Å²) in [6.07, 6.45) is 4.45. The van der Waals surface area contributed by atoms with E-state index < -0.39 is 10.0 Å². The monoisotopic (exact) mass is 439 g/mol. The molecule has 0 spiro atoms. The number of fused-ring (bicyclic) bond motifs is 1. The summed E-state index contributed by atoms with van der Waals surface area (Å²) in [6.45, 7) is 3.32. The average Bonchev–Trinajstić information content (AvgIpc) is 2.74. The van der Waals surface area contributed by atoms with Gasteiger partial charge >= 0.3 is 6.03 Å². The predicted octanol–water partition coefficient (Wildman–Crippen LogP) is 1.89. The van der Waals surface area contributed by atoms with Gasteiger partial charge in [0.15, 0.2) is 11.5 Å². The highest BCUT2D eigenvalue weighted by atomic mass is 32.2. The number of likely N-dealkylation sites (tertiary alicyclic amines) is 1. The van der Waals surface area contributed by atoms with E-state index in [0.717, 1.165) is 25.7 Å². The molecule has 0 aromatic heterocycles. The second kappa shape index (κ2) is 8.99. The fraction of sp³-hybridized carbons (Fsp3) is 0.650. The molecule has 0 atom stereocenters. The average molecular weight is 440 g/mol. The van der Waals surface area contributed by atoms with E-state index >= 15 is 0 Å². The molecule has 3 aliphatic rings. The number of hydrogen-bond acceptors (Lipinski definition) is 6. The zero-order valence-corrected chi connectivity index (χ0v) is 18.0. The zero-order chi connectivity index (χ0) is 21.1. The van der Waals surface area contributed by atoms with E-state index in [-0.39, 0.29) is 18.2 Å². The predicted molar refractivity (Wildman–Crippen MR) is 112 cm³/mol. The van der Waals surface area contributed by atoms with Gasteiger partial charge in [0.2, 0.25) is 10.0 Å². The van der Waals surface area contributed by atoms with Crippen LogP contribution in [-0.4, -0.2) is 81.5 Å². The molecule has 3 heterocycles. The Kier molecular flexibility index (Phi) is 6.35. The Balaban J connectivity index is 1.21. The van der Waals surface area contributed by atoms with E-state index in [2.05, 4.69) is 5.32 Å². The van der Waals surface area contributed by atoms with Crippen molar-refractivity contribution < 1.29 is 27.4 Å². The summed E-state index contributed by atoms with van der Waals surface area (Å²) in [7, 11) is -3.12. The summed E-state index contributed by atoms with van der Waals surface area (Å²) in [4.78, 5) is 14.4. The van der Waals surface area contributed by atoms with Crippen LogP contribution in [-0.2, 0) is 14.8 Å². The molecule has 1 aromatic carbocycles. The quantitative estimate of drug-likeness (QED) is 0.770. The molecular weight excluding hydrogens is 410 g/mol. The molecule has 30 heavy (non-hydrogen) atoms. The first-order valence-corrected chi connectivity index (χ1v) is 12.3. The van der Waals surface area contributed by atoms with E-state index in [1.807, 2.05) is 6.07 Å². The summed E-state index contributed by atoms with van der Waals surface area (Å²) in [5, 5.41) is 2.93. The summed E-state index contributed by atoms with van der Waals surface area (Å²) in [6, 6.07) is 5.26. The number of sulfonamides is 1. The summed E-state index contributed by atoms with van der Waals surface area (Å²) in [5.74, 6) is 1.34. The summed E-state index contributed by atoms with van der Waals surface area (Å²) >= 11 is 0. The fourth-order valence-electron chi connectivity index (χ4n) is 4.09. The number of ether oxygens (including phenoxy) is 3. The Morgan fingerprint density at radius 1 is 1.00 bits per heavy atom. The third-order valence-corrected chi connectivity index (χ3v) is 7.08. The fourth-order valence-corrected chi connectivity index (χ4v) is 4.96. The molecule has 9 nitrogen and oxygen atoms in total. The van der Waals surface area contributed by atoms with Crippen molar-refractivity contribution in [2.45, 2.75) is 37.9 Å². The van der Waals surface area contributed by atoms with Crippen LogP contribution in [0.15, 0.2) is 18.2 Å². The van der Waals surface area contributed by atoms with Crippen molar-refractivity contribution in [3.05, 3.63) is 18.2 Å². The van der Waals surface area contributed by atoms with Gasteiger partial charge in [-0.2, -0.15) is 0 Å². The third kappa shape index (κ3) is 5.16. The number of nitrogens with one attached hydrogen (secondary N) is 1. The summed E-state index contributed by atoms with van der Waals surface area (Å²) < 4.78 is 42.0. The molecule has 2 amide bonds. The first-order chi connectivity index (χ1) is 14.4. The number of amides is 2. The van der Waals surface area contributed by atoms with Crippen molar-refractivity contribution in [2.75, 3.05) is 51.0 Å². The standard InChI is InChI=1S/C20H29N3O6S/c1-30(25,26)23-10-6-17(7-11-23)29-16-4-8-22(9-5-16)20(24)21-15-2-3-18-19(14-15)28-13-12-27-18/h2-3,14,16-17H,4-13H2,1H3,(H,21,24). The maximum absolute atomic E-state index is 12.6. The summed E-state index contributed by atoms with van der Waals surface area (Å²) in [5.41, 5.74) is 0.681. The van der Waals surface area contributed by atoms with E-state index in [9.17, 15) is 13.2 Å². The number of nitrogens with zero attached hydrogens (tertiary/aromatic N) is 2. The second-order valence-corrected chi connectivity index (χ2v) is 9.95. The van der Waals surface area contributed by atoms with Gasteiger partial charge in [-0.05, 0) is 37.8 Å². The van der Waals surface area contributed by atoms with Gasteiger partial charge in [0.05, 0.1) is 18.5 Å². The molecule has 0 saturated carbocycles. The van der Waals surface area contributed by atoms with Crippen molar-refractivity contribution in [3.63, 3.8) is 0 Å². The van der Waals surface area contributed by atoms with Crippen LogP contribution < -0.4 is 14.8 Å². The SMILES string of the molecule is CS(=O)(=O)N1CCC(OC2CCN(C(=O)Nc3ccc4c(c3)OCCO4)CC2)CC1. The number of carbonyl (C=O) groups excluding carboxylic acids is 1. The first-order valence-electron chi connectivity index (χ1n) is 10.4. The van der Waals surface area contributed by atoms with Crippen LogP contribution in [0, 0.1) is 0 Å². The highest BCUT2D eigenvalue weighted by Crippen LogP contribution is 2.32.